The van der Waals surface area contributed by atoms with E-state index in [4.69, 9.17) is 11.6 Å². The molecule has 1 unspecified atom stereocenters. The molecule has 3 rings (SSSR count). The predicted octanol–water partition coefficient (Wildman–Crippen LogP) is 5.29. The van der Waals surface area contributed by atoms with E-state index in [1.54, 1.807) is 12.1 Å². The third-order valence-electron chi connectivity index (χ3n) is 3.38. The molecule has 2 nitrogen and oxygen atoms in total. The molecule has 0 radical (unpaired) electrons. The van der Waals surface area contributed by atoms with Gasteiger partial charge in [0.15, 0.2) is 0 Å². The van der Waals surface area contributed by atoms with E-state index < -0.39 is 0 Å². The molecule has 0 N–H and O–H groups in total. The topological polar surface area (TPSA) is 17.8 Å². The van der Waals surface area contributed by atoms with E-state index in [0.29, 0.717) is 12.1 Å². The van der Waals surface area contributed by atoms with E-state index in [2.05, 4.69) is 20.9 Å². The highest BCUT2D eigenvalue weighted by Crippen LogP contribution is 2.28. The van der Waals surface area contributed by atoms with E-state index in [1.807, 2.05) is 35.8 Å². The summed E-state index contributed by atoms with van der Waals surface area (Å²) in [6.07, 6.45) is 0. The molecule has 0 aliphatic rings. The summed E-state index contributed by atoms with van der Waals surface area (Å²) in [5.74, 6) is 0.524. The highest BCUT2D eigenvalue weighted by molar-refractivity contribution is 9.10. The molecular formula is C16H13BrClFN2. The van der Waals surface area contributed by atoms with Crippen LogP contribution in [0, 0.1) is 5.82 Å². The lowest BCUT2D eigenvalue weighted by Gasteiger charge is -2.11. The van der Waals surface area contributed by atoms with Crippen LogP contribution < -0.4 is 0 Å². The molecule has 0 bridgehead atoms. The molecule has 2 aromatic carbocycles. The van der Waals surface area contributed by atoms with Gasteiger partial charge in [0.25, 0.3) is 0 Å². The maximum atomic E-state index is 13.9. The number of halogens is 3. The van der Waals surface area contributed by atoms with Gasteiger partial charge in [-0.25, -0.2) is 9.37 Å². The van der Waals surface area contributed by atoms with Crippen molar-refractivity contribution in [2.75, 3.05) is 0 Å². The Morgan fingerprint density at radius 2 is 2.05 bits per heavy atom. The highest BCUT2D eigenvalue weighted by atomic mass is 79.9. The van der Waals surface area contributed by atoms with Gasteiger partial charge < -0.3 is 4.57 Å². The minimum atomic E-state index is -0.247. The van der Waals surface area contributed by atoms with Gasteiger partial charge in [-0.1, -0.05) is 34.1 Å². The van der Waals surface area contributed by atoms with Crippen LogP contribution in [0.3, 0.4) is 0 Å². The van der Waals surface area contributed by atoms with E-state index in [0.717, 1.165) is 21.3 Å². The quantitative estimate of drug-likeness (QED) is 0.575. The molecule has 5 heteroatoms. The van der Waals surface area contributed by atoms with Crippen molar-refractivity contribution in [2.45, 2.75) is 18.8 Å². The van der Waals surface area contributed by atoms with Crippen molar-refractivity contribution < 1.29 is 4.39 Å². The van der Waals surface area contributed by atoms with Gasteiger partial charge in [0.2, 0.25) is 0 Å². The summed E-state index contributed by atoms with van der Waals surface area (Å²) in [4.78, 5) is 4.57. The maximum Gasteiger partial charge on any atom is 0.128 e. The molecular weight excluding hydrogens is 355 g/mol. The minimum absolute atomic E-state index is 0.220. The van der Waals surface area contributed by atoms with Gasteiger partial charge in [0.05, 0.1) is 23.0 Å². The number of imidazole rings is 1. The van der Waals surface area contributed by atoms with Crippen molar-refractivity contribution >= 4 is 38.6 Å². The first-order valence-electron chi connectivity index (χ1n) is 6.59. The number of aromatic nitrogens is 2. The van der Waals surface area contributed by atoms with Gasteiger partial charge in [0.1, 0.15) is 11.6 Å². The van der Waals surface area contributed by atoms with Crippen molar-refractivity contribution in [1.29, 1.82) is 0 Å². The Morgan fingerprint density at radius 3 is 2.76 bits per heavy atom. The van der Waals surface area contributed by atoms with Gasteiger partial charge in [-0.05, 0) is 31.2 Å². The summed E-state index contributed by atoms with van der Waals surface area (Å²) >= 11 is 9.70. The fourth-order valence-electron chi connectivity index (χ4n) is 2.38. The second kappa shape index (κ2) is 5.78. The zero-order valence-corrected chi connectivity index (χ0v) is 13.7. The first kappa shape index (κ1) is 14.5. The first-order chi connectivity index (χ1) is 10.1. The molecule has 1 aromatic heterocycles. The third kappa shape index (κ3) is 2.83. The van der Waals surface area contributed by atoms with Crippen molar-refractivity contribution in [3.05, 3.63) is 64.1 Å². The lowest BCUT2D eigenvalue weighted by atomic mass is 10.2. The number of hydrogen-bond acceptors (Lipinski definition) is 1. The normalized spacial score (nSPS) is 12.8. The predicted molar refractivity (Wildman–Crippen MR) is 87.2 cm³/mol. The summed E-state index contributed by atoms with van der Waals surface area (Å²) in [6, 6.07) is 12.6. The summed E-state index contributed by atoms with van der Waals surface area (Å²) in [7, 11) is 0. The average molecular weight is 368 g/mol. The Kier molecular flexibility index (Phi) is 4.00. The number of nitrogens with zero attached hydrogens (tertiary/aromatic N) is 2. The fraction of sp³-hybridized carbons (Fsp3) is 0.188. The average Bonchev–Trinajstić information content (AvgIpc) is 2.80. The molecule has 0 aliphatic carbocycles. The molecule has 1 heterocycles. The number of fused-ring (bicyclic) bond motifs is 1. The largest absolute Gasteiger partial charge is 0.322 e. The number of hydrogen-bond donors (Lipinski definition) is 0. The summed E-state index contributed by atoms with van der Waals surface area (Å²) in [5.41, 5.74) is 2.42. The molecule has 0 amide bonds. The Hall–Kier alpha value is -1.39. The minimum Gasteiger partial charge on any atom is -0.322 e. The Bertz CT molecular complexity index is 798. The van der Waals surface area contributed by atoms with Gasteiger partial charge in [-0.3, -0.25) is 0 Å². The second-order valence-corrected chi connectivity index (χ2v) is 6.47. The van der Waals surface area contributed by atoms with Crippen LogP contribution in [0.15, 0.2) is 46.9 Å². The number of benzene rings is 2. The standard InChI is InChI=1S/C16H13BrClFN2/c1-10(18)16-20-14-7-6-12(17)8-15(14)21(16)9-11-4-2-3-5-13(11)19/h2-8,10H,9H2,1H3. The van der Waals surface area contributed by atoms with Crippen LogP contribution in [0.2, 0.25) is 0 Å². The van der Waals surface area contributed by atoms with E-state index >= 15 is 0 Å². The molecule has 0 saturated carbocycles. The van der Waals surface area contributed by atoms with Crippen molar-refractivity contribution in [3.63, 3.8) is 0 Å². The molecule has 0 saturated heterocycles. The van der Waals surface area contributed by atoms with Gasteiger partial charge in [0, 0.05) is 10.0 Å². The van der Waals surface area contributed by atoms with Crippen molar-refractivity contribution in [3.8, 4) is 0 Å². The summed E-state index contributed by atoms with van der Waals surface area (Å²) < 4.78 is 16.8. The molecule has 3 aromatic rings. The van der Waals surface area contributed by atoms with Crippen LogP contribution in [-0.2, 0) is 6.54 Å². The summed E-state index contributed by atoms with van der Waals surface area (Å²) in [6.45, 7) is 2.28. The lowest BCUT2D eigenvalue weighted by molar-refractivity contribution is 0.597. The molecule has 1 atom stereocenters. The van der Waals surface area contributed by atoms with Crippen LogP contribution in [0.4, 0.5) is 4.39 Å². The zero-order chi connectivity index (χ0) is 15.0. The summed E-state index contributed by atoms with van der Waals surface area (Å²) in [5, 5.41) is -0.247. The number of alkyl halides is 1. The fourth-order valence-corrected chi connectivity index (χ4v) is 2.90. The van der Waals surface area contributed by atoms with Gasteiger partial charge in [-0.2, -0.15) is 0 Å². The highest BCUT2D eigenvalue weighted by Gasteiger charge is 2.16. The monoisotopic (exact) mass is 366 g/mol. The van der Waals surface area contributed by atoms with E-state index in [1.165, 1.54) is 6.07 Å². The first-order valence-corrected chi connectivity index (χ1v) is 7.82. The molecule has 0 spiro atoms. The van der Waals surface area contributed by atoms with E-state index in [9.17, 15) is 4.39 Å². The van der Waals surface area contributed by atoms with Crippen LogP contribution in [0.25, 0.3) is 11.0 Å². The maximum absolute atomic E-state index is 13.9. The van der Waals surface area contributed by atoms with Gasteiger partial charge in [-0.15, -0.1) is 11.6 Å². The SMILES string of the molecule is CC(Cl)c1nc2ccc(Br)cc2n1Cc1ccccc1F. The smallest absolute Gasteiger partial charge is 0.128 e. The van der Waals surface area contributed by atoms with Gasteiger partial charge >= 0.3 is 0 Å². The van der Waals surface area contributed by atoms with Crippen LogP contribution in [-0.4, -0.2) is 9.55 Å². The van der Waals surface area contributed by atoms with Crippen LogP contribution in [0.5, 0.6) is 0 Å². The zero-order valence-electron chi connectivity index (χ0n) is 11.4. The van der Waals surface area contributed by atoms with Crippen LogP contribution in [0.1, 0.15) is 23.7 Å². The van der Waals surface area contributed by atoms with E-state index in [-0.39, 0.29) is 11.2 Å². The Balaban J connectivity index is 2.17. The lowest BCUT2D eigenvalue weighted by Crippen LogP contribution is -2.07. The number of rotatable bonds is 3. The Labute approximate surface area is 135 Å². The third-order valence-corrected chi connectivity index (χ3v) is 4.07. The van der Waals surface area contributed by atoms with Crippen molar-refractivity contribution in [2.24, 2.45) is 0 Å². The molecule has 21 heavy (non-hydrogen) atoms. The second-order valence-electron chi connectivity index (χ2n) is 4.90. The molecule has 108 valence electrons. The molecule has 0 aliphatic heterocycles. The Morgan fingerprint density at radius 1 is 1.29 bits per heavy atom. The molecule has 0 fully saturated rings. The van der Waals surface area contributed by atoms with Crippen LogP contribution >= 0.6 is 27.5 Å². The van der Waals surface area contributed by atoms with Crippen molar-refractivity contribution in [1.82, 2.24) is 9.55 Å².